The molecule has 1 atom stereocenters. The quantitative estimate of drug-likeness (QED) is 0.782. The average molecular weight is 204 g/mol. The molecule has 2 aromatic heterocycles. The Balaban J connectivity index is 2.09. The lowest BCUT2D eigenvalue weighted by atomic mass is 10.3. The second-order valence-corrected chi connectivity index (χ2v) is 3.30. The van der Waals surface area contributed by atoms with Gasteiger partial charge in [0.15, 0.2) is 5.82 Å². The second kappa shape index (κ2) is 4.04. The summed E-state index contributed by atoms with van der Waals surface area (Å²) in [5, 5.41) is 16.9. The highest BCUT2D eigenvalue weighted by Gasteiger charge is 2.09. The summed E-state index contributed by atoms with van der Waals surface area (Å²) < 4.78 is 0. The molecule has 0 aliphatic carbocycles. The number of aromatic nitrogens is 5. The minimum absolute atomic E-state index is 0.0157. The van der Waals surface area contributed by atoms with Crippen LogP contribution in [0.3, 0.4) is 0 Å². The second-order valence-electron chi connectivity index (χ2n) is 3.30. The Kier molecular flexibility index (Phi) is 2.57. The normalized spacial score (nSPS) is 12.4. The minimum atomic E-state index is -0.0157. The summed E-state index contributed by atoms with van der Waals surface area (Å²) >= 11 is 0. The van der Waals surface area contributed by atoms with Crippen molar-refractivity contribution >= 4 is 5.82 Å². The number of aromatic amines is 1. The zero-order chi connectivity index (χ0) is 10.7. The van der Waals surface area contributed by atoms with Gasteiger partial charge in [0, 0.05) is 5.69 Å². The van der Waals surface area contributed by atoms with Crippen LogP contribution in [0.15, 0.2) is 18.2 Å². The molecular formula is C9H12N6. The van der Waals surface area contributed by atoms with Crippen LogP contribution in [0.2, 0.25) is 0 Å². The van der Waals surface area contributed by atoms with Crippen molar-refractivity contribution in [3.63, 3.8) is 0 Å². The number of pyridine rings is 1. The van der Waals surface area contributed by atoms with Gasteiger partial charge in [-0.3, -0.25) is 0 Å². The van der Waals surface area contributed by atoms with Crippen LogP contribution in [0.5, 0.6) is 0 Å². The molecule has 0 aliphatic heterocycles. The topological polar surface area (TPSA) is 79.4 Å². The fourth-order valence-corrected chi connectivity index (χ4v) is 1.26. The molecule has 0 radical (unpaired) electrons. The van der Waals surface area contributed by atoms with E-state index in [0.29, 0.717) is 5.82 Å². The molecule has 2 heterocycles. The van der Waals surface area contributed by atoms with Gasteiger partial charge >= 0.3 is 0 Å². The number of H-pyrrole nitrogens is 1. The van der Waals surface area contributed by atoms with Gasteiger partial charge in [-0.1, -0.05) is 11.3 Å². The van der Waals surface area contributed by atoms with Gasteiger partial charge in [-0.25, -0.2) is 4.98 Å². The largest absolute Gasteiger partial charge is 0.360 e. The molecule has 1 unspecified atom stereocenters. The van der Waals surface area contributed by atoms with Crippen molar-refractivity contribution in [1.82, 2.24) is 25.6 Å². The van der Waals surface area contributed by atoms with Gasteiger partial charge in [0.25, 0.3) is 0 Å². The van der Waals surface area contributed by atoms with Crippen LogP contribution >= 0.6 is 0 Å². The molecule has 0 saturated carbocycles. The molecule has 0 amide bonds. The van der Waals surface area contributed by atoms with Crippen LogP contribution in [-0.4, -0.2) is 25.6 Å². The monoisotopic (exact) mass is 204 g/mol. The Hall–Kier alpha value is -1.98. The minimum Gasteiger partial charge on any atom is -0.360 e. The maximum absolute atomic E-state index is 4.33. The van der Waals surface area contributed by atoms with Crippen molar-refractivity contribution < 1.29 is 0 Å². The van der Waals surface area contributed by atoms with E-state index in [9.17, 15) is 0 Å². The standard InChI is InChI=1S/C9H12N6/c1-6-4-3-5-8(10-6)11-7(2)9-12-14-15-13-9/h3-5,7H,1-2H3,(H,10,11)(H,12,13,14,15). The van der Waals surface area contributed by atoms with Gasteiger partial charge in [0.05, 0.1) is 6.04 Å². The summed E-state index contributed by atoms with van der Waals surface area (Å²) in [6.45, 7) is 3.90. The highest BCUT2D eigenvalue weighted by atomic mass is 15.5. The molecule has 6 nitrogen and oxygen atoms in total. The van der Waals surface area contributed by atoms with Gasteiger partial charge in [0.2, 0.25) is 0 Å². The van der Waals surface area contributed by atoms with E-state index in [2.05, 4.69) is 30.9 Å². The number of hydrogen-bond donors (Lipinski definition) is 2. The van der Waals surface area contributed by atoms with Gasteiger partial charge in [-0.2, -0.15) is 5.21 Å². The molecule has 0 aliphatic rings. The first-order valence-electron chi connectivity index (χ1n) is 4.69. The third kappa shape index (κ3) is 2.28. The summed E-state index contributed by atoms with van der Waals surface area (Å²) in [7, 11) is 0. The SMILES string of the molecule is Cc1cccc(NC(C)c2nn[nH]n2)n1. The summed E-state index contributed by atoms with van der Waals surface area (Å²) in [6.07, 6.45) is 0. The van der Waals surface area contributed by atoms with Crippen molar-refractivity contribution in [3.8, 4) is 0 Å². The van der Waals surface area contributed by atoms with Gasteiger partial charge in [-0.15, -0.1) is 10.2 Å². The molecule has 2 rings (SSSR count). The van der Waals surface area contributed by atoms with E-state index in [1.165, 1.54) is 0 Å². The van der Waals surface area contributed by atoms with Crippen LogP contribution < -0.4 is 5.32 Å². The molecule has 0 spiro atoms. The van der Waals surface area contributed by atoms with E-state index < -0.39 is 0 Å². The molecule has 0 fully saturated rings. The first-order valence-corrected chi connectivity index (χ1v) is 4.69. The summed E-state index contributed by atoms with van der Waals surface area (Å²) in [5.74, 6) is 1.44. The van der Waals surface area contributed by atoms with Crippen molar-refractivity contribution in [3.05, 3.63) is 29.7 Å². The molecule has 0 saturated heterocycles. The van der Waals surface area contributed by atoms with E-state index in [0.717, 1.165) is 11.5 Å². The Morgan fingerprint density at radius 1 is 1.40 bits per heavy atom. The third-order valence-electron chi connectivity index (χ3n) is 2.00. The van der Waals surface area contributed by atoms with Crippen LogP contribution in [-0.2, 0) is 0 Å². The highest BCUT2D eigenvalue weighted by Crippen LogP contribution is 2.13. The first kappa shape index (κ1) is 9.57. The fourth-order valence-electron chi connectivity index (χ4n) is 1.26. The van der Waals surface area contributed by atoms with E-state index in [4.69, 9.17) is 0 Å². The maximum Gasteiger partial charge on any atom is 0.196 e. The number of anilines is 1. The van der Waals surface area contributed by atoms with Gasteiger partial charge < -0.3 is 5.32 Å². The van der Waals surface area contributed by atoms with Crippen molar-refractivity contribution in [2.75, 3.05) is 5.32 Å². The zero-order valence-electron chi connectivity index (χ0n) is 8.60. The number of aryl methyl sites for hydroxylation is 1. The fraction of sp³-hybridized carbons (Fsp3) is 0.333. The summed E-state index contributed by atoms with van der Waals surface area (Å²) in [4.78, 5) is 4.33. The Labute approximate surface area is 87.1 Å². The number of nitrogens with one attached hydrogen (secondary N) is 2. The van der Waals surface area contributed by atoms with E-state index >= 15 is 0 Å². The van der Waals surface area contributed by atoms with Crippen LogP contribution in [0.25, 0.3) is 0 Å². The Morgan fingerprint density at radius 2 is 2.27 bits per heavy atom. The highest BCUT2D eigenvalue weighted by molar-refractivity contribution is 5.36. The lowest BCUT2D eigenvalue weighted by Gasteiger charge is -2.10. The third-order valence-corrected chi connectivity index (χ3v) is 2.00. The van der Waals surface area contributed by atoms with E-state index in [-0.39, 0.29) is 6.04 Å². The molecule has 15 heavy (non-hydrogen) atoms. The number of nitrogens with zero attached hydrogens (tertiary/aromatic N) is 4. The van der Waals surface area contributed by atoms with E-state index in [1.54, 1.807) is 0 Å². The first-order chi connectivity index (χ1) is 7.25. The molecule has 0 aromatic carbocycles. The molecule has 78 valence electrons. The van der Waals surface area contributed by atoms with Crippen LogP contribution in [0.1, 0.15) is 24.5 Å². The van der Waals surface area contributed by atoms with Crippen LogP contribution in [0, 0.1) is 6.92 Å². The molecule has 6 heteroatoms. The van der Waals surface area contributed by atoms with Crippen molar-refractivity contribution in [2.24, 2.45) is 0 Å². The summed E-state index contributed by atoms with van der Waals surface area (Å²) in [5.41, 5.74) is 0.973. The van der Waals surface area contributed by atoms with E-state index in [1.807, 2.05) is 32.0 Å². The number of tetrazole rings is 1. The number of hydrogen-bond acceptors (Lipinski definition) is 5. The lowest BCUT2D eigenvalue weighted by Crippen LogP contribution is -2.09. The molecule has 2 aromatic rings. The van der Waals surface area contributed by atoms with Crippen molar-refractivity contribution in [2.45, 2.75) is 19.9 Å². The zero-order valence-corrected chi connectivity index (χ0v) is 8.60. The predicted molar refractivity (Wildman–Crippen MR) is 55.2 cm³/mol. The molecular weight excluding hydrogens is 192 g/mol. The average Bonchev–Trinajstić information content (AvgIpc) is 2.70. The summed E-state index contributed by atoms with van der Waals surface area (Å²) in [6, 6.07) is 5.79. The number of rotatable bonds is 3. The Bertz CT molecular complexity index is 424. The lowest BCUT2D eigenvalue weighted by molar-refractivity contribution is 0.787. The van der Waals surface area contributed by atoms with Crippen LogP contribution in [0.4, 0.5) is 5.82 Å². The predicted octanol–water partition coefficient (Wildman–Crippen LogP) is 1.08. The van der Waals surface area contributed by atoms with Gasteiger partial charge in [-0.05, 0) is 26.0 Å². The smallest absolute Gasteiger partial charge is 0.196 e. The van der Waals surface area contributed by atoms with Gasteiger partial charge in [0.1, 0.15) is 5.82 Å². The van der Waals surface area contributed by atoms with Crippen molar-refractivity contribution in [1.29, 1.82) is 0 Å². The molecule has 0 bridgehead atoms. The Morgan fingerprint density at radius 3 is 2.93 bits per heavy atom. The maximum atomic E-state index is 4.33. The molecule has 2 N–H and O–H groups in total.